The first-order chi connectivity index (χ1) is 17.0. The third-order valence-corrected chi connectivity index (χ3v) is 7.13. The van der Waals surface area contributed by atoms with Crippen molar-refractivity contribution in [1.82, 2.24) is 5.32 Å². The van der Waals surface area contributed by atoms with Gasteiger partial charge in [-0.05, 0) is 38.1 Å². The Morgan fingerprint density at radius 2 is 1.23 bits per heavy atom. The maximum atomic E-state index is 12.8. The second-order valence-electron chi connectivity index (χ2n) is 10.5. The first kappa shape index (κ1) is 33.9. The summed E-state index contributed by atoms with van der Waals surface area (Å²) in [5.74, 6) is -0.893. The van der Waals surface area contributed by atoms with Crippen LogP contribution in [0, 0.1) is 5.92 Å². The van der Waals surface area contributed by atoms with Gasteiger partial charge in [0.1, 0.15) is 12.1 Å². The average Bonchev–Trinajstić information content (AvgIpc) is 2.83. The molecule has 0 amide bonds. The van der Waals surface area contributed by atoms with Gasteiger partial charge in [-0.25, -0.2) is 0 Å². The summed E-state index contributed by atoms with van der Waals surface area (Å²) in [6.45, 7) is 9.36. The molecule has 5 nitrogen and oxygen atoms in total. The van der Waals surface area contributed by atoms with Gasteiger partial charge in [-0.15, -0.1) is 0 Å². The summed E-state index contributed by atoms with van der Waals surface area (Å²) in [6.07, 6.45) is 22.5. The van der Waals surface area contributed by atoms with Gasteiger partial charge < -0.3 is 15.2 Å². The molecule has 208 valence electrons. The van der Waals surface area contributed by atoms with Crippen LogP contribution < -0.4 is 5.32 Å². The Kier molecular flexibility index (Phi) is 23.8. The van der Waals surface area contributed by atoms with Gasteiger partial charge in [-0.1, -0.05) is 124 Å². The van der Waals surface area contributed by atoms with Crippen LogP contribution in [0.15, 0.2) is 0 Å². The minimum absolute atomic E-state index is 0.101. The molecule has 0 bridgehead atoms. The van der Waals surface area contributed by atoms with E-state index in [-0.39, 0.29) is 12.5 Å². The number of hydrogen-bond donors (Lipinski definition) is 2. The Bertz CT molecular complexity index is 497. The monoisotopic (exact) mass is 497 g/mol. The van der Waals surface area contributed by atoms with Crippen molar-refractivity contribution in [2.75, 3.05) is 6.54 Å². The average molecular weight is 498 g/mol. The zero-order valence-electron chi connectivity index (χ0n) is 23.8. The number of unbranched alkanes of at least 4 members (excludes halogenated alkanes) is 12. The molecule has 2 N–H and O–H groups in total. The van der Waals surface area contributed by atoms with Gasteiger partial charge in [0.25, 0.3) is 0 Å². The molecule has 0 heterocycles. The Labute approximate surface area is 217 Å². The van der Waals surface area contributed by atoms with Crippen LogP contribution in [0.25, 0.3) is 0 Å². The number of carbonyl (C=O) groups excluding carboxylic acids is 1. The summed E-state index contributed by atoms with van der Waals surface area (Å²) in [4.78, 5) is 24.2. The van der Waals surface area contributed by atoms with Crippen LogP contribution in [-0.2, 0) is 14.3 Å². The van der Waals surface area contributed by atoms with Crippen molar-refractivity contribution < 1.29 is 19.4 Å². The third kappa shape index (κ3) is 20.8. The van der Waals surface area contributed by atoms with E-state index in [9.17, 15) is 14.7 Å². The van der Waals surface area contributed by atoms with Gasteiger partial charge in [0.15, 0.2) is 0 Å². The van der Waals surface area contributed by atoms with Gasteiger partial charge in [0.05, 0.1) is 6.42 Å². The molecule has 0 aromatic rings. The van der Waals surface area contributed by atoms with Gasteiger partial charge >= 0.3 is 11.9 Å². The molecule has 35 heavy (non-hydrogen) atoms. The van der Waals surface area contributed by atoms with Crippen LogP contribution in [0.2, 0.25) is 0 Å². The molecule has 0 saturated carbocycles. The van der Waals surface area contributed by atoms with E-state index in [0.29, 0.717) is 12.5 Å². The molecule has 0 fully saturated rings. The molecule has 0 aromatic heterocycles. The van der Waals surface area contributed by atoms with Crippen LogP contribution in [0.4, 0.5) is 0 Å². The van der Waals surface area contributed by atoms with Gasteiger partial charge in [-0.2, -0.15) is 0 Å². The van der Waals surface area contributed by atoms with E-state index >= 15 is 0 Å². The standard InChI is InChI=1S/C30H59NO4/c1-5-9-11-12-13-14-15-16-17-18-19-20-23-27(21-7-3)35-30(34)28(24-29(32)33)31-25-26(8-4)22-10-6-2/h26-28,31H,5-25H2,1-4H3,(H,32,33). The first-order valence-electron chi connectivity index (χ1n) is 15.1. The van der Waals surface area contributed by atoms with E-state index in [1.807, 2.05) is 0 Å². The lowest BCUT2D eigenvalue weighted by molar-refractivity contribution is -0.155. The van der Waals surface area contributed by atoms with Crippen molar-refractivity contribution >= 4 is 11.9 Å². The fourth-order valence-electron chi connectivity index (χ4n) is 4.71. The quantitative estimate of drug-likeness (QED) is 0.0926. The Morgan fingerprint density at radius 1 is 0.686 bits per heavy atom. The van der Waals surface area contributed by atoms with E-state index in [0.717, 1.165) is 51.4 Å². The largest absolute Gasteiger partial charge is 0.481 e. The number of nitrogens with one attached hydrogen (secondary N) is 1. The molecule has 0 aromatic carbocycles. The minimum Gasteiger partial charge on any atom is -0.481 e. The fourth-order valence-corrected chi connectivity index (χ4v) is 4.71. The number of carboxylic acid groups (broad SMARTS) is 1. The van der Waals surface area contributed by atoms with E-state index < -0.39 is 18.0 Å². The SMILES string of the molecule is CCCCCCCCCCCCCCC(CCC)OC(=O)C(CC(=O)O)NCC(CC)CCCC. The lowest BCUT2D eigenvalue weighted by atomic mass is 9.99. The zero-order chi connectivity index (χ0) is 26.2. The molecule has 0 aliphatic rings. The maximum Gasteiger partial charge on any atom is 0.324 e. The zero-order valence-corrected chi connectivity index (χ0v) is 23.8. The highest BCUT2D eigenvalue weighted by Crippen LogP contribution is 2.17. The molecule has 3 atom stereocenters. The molecule has 0 spiro atoms. The van der Waals surface area contributed by atoms with Crippen LogP contribution in [0.3, 0.4) is 0 Å². The molecule has 3 unspecified atom stereocenters. The normalized spacial score (nSPS) is 13.9. The second kappa shape index (κ2) is 24.6. The highest BCUT2D eigenvalue weighted by Gasteiger charge is 2.26. The number of carbonyl (C=O) groups is 2. The molecular weight excluding hydrogens is 438 g/mol. The number of rotatable bonds is 26. The Hall–Kier alpha value is -1.10. The van der Waals surface area contributed by atoms with Crippen LogP contribution >= 0.6 is 0 Å². The lowest BCUT2D eigenvalue weighted by Crippen LogP contribution is -2.43. The molecule has 0 rings (SSSR count). The Morgan fingerprint density at radius 3 is 1.71 bits per heavy atom. The molecule has 5 heteroatoms. The number of aliphatic carboxylic acids is 1. The lowest BCUT2D eigenvalue weighted by Gasteiger charge is -2.23. The molecule has 0 radical (unpaired) electrons. The Balaban J connectivity index is 4.29. The predicted molar refractivity (Wildman–Crippen MR) is 148 cm³/mol. The summed E-state index contributed by atoms with van der Waals surface area (Å²) >= 11 is 0. The number of hydrogen-bond acceptors (Lipinski definition) is 4. The van der Waals surface area contributed by atoms with Gasteiger partial charge in [-0.3, -0.25) is 9.59 Å². The second-order valence-corrected chi connectivity index (χ2v) is 10.5. The van der Waals surface area contributed by atoms with Gasteiger partial charge in [0.2, 0.25) is 0 Å². The van der Waals surface area contributed by atoms with Crippen molar-refractivity contribution in [3.05, 3.63) is 0 Å². The van der Waals surface area contributed by atoms with Crippen LogP contribution in [0.5, 0.6) is 0 Å². The van der Waals surface area contributed by atoms with E-state index in [1.165, 1.54) is 70.6 Å². The topological polar surface area (TPSA) is 75.6 Å². The highest BCUT2D eigenvalue weighted by molar-refractivity contribution is 5.82. The summed E-state index contributed by atoms with van der Waals surface area (Å²) in [5.41, 5.74) is 0. The van der Waals surface area contributed by atoms with Crippen molar-refractivity contribution in [3.8, 4) is 0 Å². The summed E-state index contributed by atoms with van der Waals surface area (Å²) < 4.78 is 5.84. The smallest absolute Gasteiger partial charge is 0.324 e. The number of carboxylic acids is 1. The van der Waals surface area contributed by atoms with Crippen molar-refractivity contribution in [2.24, 2.45) is 5.92 Å². The molecular formula is C30H59NO4. The van der Waals surface area contributed by atoms with Gasteiger partial charge in [0, 0.05) is 0 Å². The molecule has 0 saturated heterocycles. The predicted octanol–water partition coefficient (Wildman–Crippen LogP) is 8.44. The molecule has 0 aliphatic carbocycles. The number of ether oxygens (including phenoxy) is 1. The van der Waals surface area contributed by atoms with E-state index in [2.05, 4.69) is 33.0 Å². The van der Waals surface area contributed by atoms with E-state index in [1.54, 1.807) is 0 Å². The van der Waals surface area contributed by atoms with Crippen LogP contribution in [-0.4, -0.2) is 35.7 Å². The summed E-state index contributed by atoms with van der Waals surface area (Å²) in [5, 5.41) is 12.5. The first-order valence-corrected chi connectivity index (χ1v) is 15.1. The molecule has 0 aliphatic heterocycles. The van der Waals surface area contributed by atoms with Crippen molar-refractivity contribution in [1.29, 1.82) is 0 Å². The fraction of sp³-hybridized carbons (Fsp3) is 0.933. The summed E-state index contributed by atoms with van der Waals surface area (Å²) in [6, 6.07) is -0.760. The van der Waals surface area contributed by atoms with Crippen molar-refractivity contribution in [3.63, 3.8) is 0 Å². The van der Waals surface area contributed by atoms with Crippen LogP contribution in [0.1, 0.15) is 156 Å². The third-order valence-electron chi connectivity index (χ3n) is 7.13. The highest BCUT2D eigenvalue weighted by atomic mass is 16.5. The minimum atomic E-state index is -0.964. The summed E-state index contributed by atoms with van der Waals surface area (Å²) in [7, 11) is 0. The maximum absolute atomic E-state index is 12.8. The van der Waals surface area contributed by atoms with Crippen molar-refractivity contribution in [2.45, 2.75) is 168 Å². The van der Waals surface area contributed by atoms with E-state index in [4.69, 9.17) is 4.74 Å². The number of esters is 1.